The fourth-order valence-corrected chi connectivity index (χ4v) is 3.17. The second kappa shape index (κ2) is 9.33. The van der Waals surface area contributed by atoms with Crippen LogP contribution in [0.1, 0.15) is 37.8 Å². The van der Waals surface area contributed by atoms with Crippen molar-refractivity contribution in [3.8, 4) is 0 Å². The van der Waals surface area contributed by atoms with Crippen LogP contribution in [0.4, 0.5) is 5.69 Å². The minimum Gasteiger partial charge on any atom is -0.325 e. The molecule has 4 heteroatoms. The molecular formula is C21H25NO2S. The Morgan fingerprint density at radius 1 is 1.04 bits per heavy atom. The maximum atomic E-state index is 12.3. The molecule has 0 aliphatic heterocycles. The minimum atomic E-state index is -1.25. The molecule has 0 aromatic heterocycles. The van der Waals surface area contributed by atoms with Crippen LogP contribution in [0.2, 0.25) is 0 Å². The number of hydrogen-bond acceptors (Lipinski definition) is 2. The van der Waals surface area contributed by atoms with Crippen LogP contribution in [0.25, 0.3) is 6.08 Å². The Balaban J connectivity index is 1.88. The van der Waals surface area contributed by atoms with Gasteiger partial charge in [0.15, 0.2) is 0 Å². The van der Waals surface area contributed by atoms with Gasteiger partial charge in [-0.05, 0) is 36.1 Å². The highest BCUT2D eigenvalue weighted by Crippen LogP contribution is 2.17. The van der Waals surface area contributed by atoms with Crippen LogP contribution in [0.3, 0.4) is 0 Å². The predicted molar refractivity (Wildman–Crippen MR) is 107 cm³/mol. The molecule has 0 radical (unpaired) electrons. The van der Waals surface area contributed by atoms with E-state index in [4.69, 9.17) is 0 Å². The Hall–Kier alpha value is -2.20. The van der Waals surface area contributed by atoms with Gasteiger partial charge in [0.1, 0.15) is 5.25 Å². The molecule has 0 heterocycles. The largest absolute Gasteiger partial charge is 0.325 e. The van der Waals surface area contributed by atoms with Crippen LogP contribution in [0.5, 0.6) is 0 Å². The first kappa shape index (κ1) is 19.1. The van der Waals surface area contributed by atoms with E-state index >= 15 is 0 Å². The quantitative estimate of drug-likeness (QED) is 0.789. The summed E-state index contributed by atoms with van der Waals surface area (Å²) >= 11 is 0. The van der Waals surface area contributed by atoms with Gasteiger partial charge < -0.3 is 5.32 Å². The van der Waals surface area contributed by atoms with Crippen LogP contribution >= 0.6 is 0 Å². The summed E-state index contributed by atoms with van der Waals surface area (Å²) in [6, 6.07) is 17.6. The number of anilines is 1. The third-order valence-corrected chi connectivity index (χ3v) is 5.50. The first-order valence-corrected chi connectivity index (χ1v) is 9.85. The minimum absolute atomic E-state index is 0.219. The highest BCUT2D eigenvalue weighted by Gasteiger charge is 2.19. The molecule has 2 aromatic rings. The van der Waals surface area contributed by atoms with Crippen molar-refractivity contribution in [3.05, 3.63) is 71.8 Å². The second-order valence-electron chi connectivity index (χ2n) is 6.27. The summed E-state index contributed by atoms with van der Waals surface area (Å²) in [5, 5.41) is 2.28. The van der Waals surface area contributed by atoms with Crippen LogP contribution in [0.15, 0.2) is 60.7 Å². The van der Waals surface area contributed by atoms with Gasteiger partial charge in [-0.1, -0.05) is 68.5 Å². The van der Waals surface area contributed by atoms with Gasteiger partial charge in [0.25, 0.3) is 0 Å². The van der Waals surface area contributed by atoms with E-state index in [2.05, 4.69) is 19.2 Å². The zero-order chi connectivity index (χ0) is 18.2. The monoisotopic (exact) mass is 355 g/mol. The van der Waals surface area contributed by atoms with Crippen LogP contribution in [-0.4, -0.2) is 21.1 Å². The molecule has 132 valence electrons. The molecule has 2 rings (SSSR count). The van der Waals surface area contributed by atoms with E-state index in [1.54, 1.807) is 6.92 Å². The van der Waals surface area contributed by atoms with Gasteiger partial charge in [0.2, 0.25) is 5.91 Å². The average Bonchev–Trinajstić information content (AvgIpc) is 2.62. The molecule has 0 bridgehead atoms. The molecule has 1 amide bonds. The Bertz CT molecular complexity index is 736. The van der Waals surface area contributed by atoms with Crippen LogP contribution < -0.4 is 5.32 Å². The Labute approximate surface area is 152 Å². The first-order chi connectivity index (χ1) is 12.0. The van der Waals surface area contributed by atoms with E-state index in [1.807, 2.05) is 66.7 Å². The summed E-state index contributed by atoms with van der Waals surface area (Å²) in [5.41, 5.74) is 3.01. The van der Waals surface area contributed by atoms with Crippen molar-refractivity contribution in [2.24, 2.45) is 0 Å². The third kappa shape index (κ3) is 5.98. The van der Waals surface area contributed by atoms with Crippen molar-refractivity contribution < 1.29 is 9.00 Å². The zero-order valence-corrected chi connectivity index (χ0v) is 15.8. The number of hydrogen-bond donors (Lipinski definition) is 1. The van der Waals surface area contributed by atoms with Crippen molar-refractivity contribution in [2.75, 3.05) is 11.1 Å². The lowest BCUT2D eigenvalue weighted by Crippen LogP contribution is -2.30. The molecule has 0 spiro atoms. The molecule has 0 saturated carbocycles. The maximum Gasteiger partial charge on any atom is 0.239 e. The molecule has 1 N–H and O–H groups in total. The summed E-state index contributed by atoms with van der Waals surface area (Å²) in [4.78, 5) is 12.3. The molecule has 25 heavy (non-hydrogen) atoms. The summed E-state index contributed by atoms with van der Waals surface area (Å²) in [7, 11) is -1.25. The van der Waals surface area contributed by atoms with Gasteiger partial charge in [0.05, 0.1) is 0 Å². The van der Waals surface area contributed by atoms with Gasteiger partial charge in [-0.2, -0.15) is 0 Å². The Morgan fingerprint density at radius 2 is 1.68 bits per heavy atom. The van der Waals surface area contributed by atoms with Crippen molar-refractivity contribution >= 4 is 28.5 Å². The Kier molecular flexibility index (Phi) is 7.14. The number of carbonyl (C=O) groups is 1. The van der Waals surface area contributed by atoms with E-state index in [0.717, 1.165) is 11.3 Å². The van der Waals surface area contributed by atoms with Gasteiger partial charge in [-0.3, -0.25) is 9.00 Å². The van der Waals surface area contributed by atoms with Crippen molar-refractivity contribution in [1.82, 2.24) is 0 Å². The van der Waals surface area contributed by atoms with Crippen LogP contribution in [0, 0.1) is 0 Å². The van der Waals surface area contributed by atoms with Crippen molar-refractivity contribution in [1.29, 1.82) is 0 Å². The fraction of sp³-hybridized carbons (Fsp3) is 0.286. The highest BCUT2D eigenvalue weighted by molar-refractivity contribution is 7.86. The second-order valence-corrected chi connectivity index (χ2v) is 8.07. The third-order valence-electron chi connectivity index (χ3n) is 3.98. The molecule has 2 atom stereocenters. The molecule has 0 saturated heterocycles. The normalized spacial score (nSPS) is 13.8. The molecule has 2 aromatic carbocycles. The SMILES string of the molecule is CC(C)c1ccc(NC(=O)C(C)S(=O)C/C=C/c2ccccc2)cc1. The Morgan fingerprint density at radius 3 is 2.28 bits per heavy atom. The summed E-state index contributed by atoms with van der Waals surface area (Å²) < 4.78 is 12.3. The maximum absolute atomic E-state index is 12.3. The smallest absolute Gasteiger partial charge is 0.239 e. The van der Waals surface area contributed by atoms with E-state index < -0.39 is 16.0 Å². The average molecular weight is 356 g/mol. The summed E-state index contributed by atoms with van der Waals surface area (Å²) in [6.45, 7) is 5.95. The molecule has 0 aliphatic rings. The lowest BCUT2D eigenvalue weighted by Gasteiger charge is -2.12. The fourth-order valence-electron chi connectivity index (χ4n) is 2.30. The number of amides is 1. The number of rotatable bonds is 7. The van der Waals surface area contributed by atoms with Crippen molar-refractivity contribution in [3.63, 3.8) is 0 Å². The number of benzene rings is 2. The summed E-state index contributed by atoms with van der Waals surface area (Å²) in [6.07, 6.45) is 3.78. The van der Waals surface area contributed by atoms with Gasteiger partial charge in [-0.25, -0.2) is 0 Å². The topological polar surface area (TPSA) is 46.2 Å². The van der Waals surface area contributed by atoms with Gasteiger partial charge in [-0.15, -0.1) is 0 Å². The standard InChI is InChI=1S/C21H25NO2S/c1-16(2)19-11-13-20(14-12-19)22-21(23)17(3)25(24)15-7-10-18-8-5-4-6-9-18/h4-14,16-17H,15H2,1-3H3,(H,22,23)/b10-7+. The summed E-state index contributed by atoms with van der Waals surface area (Å²) in [5.74, 6) is 0.590. The van der Waals surface area contributed by atoms with Gasteiger partial charge in [0, 0.05) is 22.2 Å². The molecule has 0 aliphatic carbocycles. The van der Waals surface area contributed by atoms with E-state index in [1.165, 1.54) is 5.56 Å². The lowest BCUT2D eigenvalue weighted by atomic mass is 10.0. The molecule has 0 fully saturated rings. The molecule has 3 nitrogen and oxygen atoms in total. The predicted octanol–water partition coefficient (Wildman–Crippen LogP) is 4.60. The van der Waals surface area contributed by atoms with Gasteiger partial charge >= 0.3 is 0 Å². The van der Waals surface area contributed by atoms with Crippen LogP contribution in [-0.2, 0) is 15.6 Å². The van der Waals surface area contributed by atoms with E-state index in [9.17, 15) is 9.00 Å². The van der Waals surface area contributed by atoms with Crippen molar-refractivity contribution in [2.45, 2.75) is 31.9 Å². The number of carbonyl (C=O) groups excluding carboxylic acids is 1. The number of nitrogens with one attached hydrogen (secondary N) is 1. The zero-order valence-electron chi connectivity index (χ0n) is 14.9. The highest BCUT2D eigenvalue weighted by atomic mass is 32.2. The lowest BCUT2D eigenvalue weighted by molar-refractivity contribution is -0.115. The van der Waals surface area contributed by atoms with E-state index in [-0.39, 0.29) is 5.91 Å². The first-order valence-electron chi connectivity index (χ1n) is 8.47. The molecular weight excluding hydrogens is 330 g/mol. The van der Waals surface area contributed by atoms with E-state index in [0.29, 0.717) is 11.7 Å². The molecule has 2 unspecified atom stereocenters.